The van der Waals surface area contributed by atoms with Gasteiger partial charge in [-0.15, -0.1) is 0 Å². The molecule has 1 amide bonds. The number of nitrogens with zero attached hydrogens (tertiary/aromatic N) is 1. The Kier molecular flexibility index (Phi) is 5.24. The van der Waals surface area contributed by atoms with Gasteiger partial charge >= 0.3 is 0 Å². The normalized spacial score (nSPS) is 15.6. The standard InChI is InChI=1S/C15H22N2O3/c1-3-20-13-6-5-12(11-14(13)19-2)15(18)17-9-4-7-16-8-10-17/h5-6,11,16H,3-4,7-10H2,1-2H3. The molecule has 5 heteroatoms. The van der Waals surface area contributed by atoms with Gasteiger partial charge in [-0.2, -0.15) is 0 Å². The van der Waals surface area contributed by atoms with Gasteiger partial charge < -0.3 is 19.7 Å². The molecule has 1 heterocycles. The van der Waals surface area contributed by atoms with Gasteiger partial charge in [-0.25, -0.2) is 0 Å². The van der Waals surface area contributed by atoms with Crippen LogP contribution in [0.3, 0.4) is 0 Å². The highest BCUT2D eigenvalue weighted by molar-refractivity contribution is 5.95. The van der Waals surface area contributed by atoms with Crippen molar-refractivity contribution in [2.75, 3.05) is 39.9 Å². The van der Waals surface area contributed by atoms with Crippen molar-refractivity contribution in [3.05, 3.63) is 23.8 Å². The fourth-order valence-corrected chi connectivity index (χ4v) is 2.31. The number of hydrogen-bond donors (Lipinski definition) is 1. The number of nitrogens with one attached hydrogen (secondary N) is 1. The predicted molar refractivity (Wildman–Crippen MR) is 77.6 cm³/mol. The number of amides is 1. The van der Waals surface area contributed by atoms with Crippen molar-refractivity contribution >= 4 is 5.91 Å². The van der Waals surface area contributed by atoms with E-state index in [2.05, 4.69) is 5.32 Å². The fourth-order valence-electron chi connectivity index (χ4n) is 2.31. The maximum Gasteiger partial charge on any atom is 0.254 e. The summed E-state index contributed by atoms with van der Waals surface area (Å²) >= 11 is 0. The number of hydrogen-bond acceptors (Lipinski definition) is 4. The van der Waals surface area contributed by atoms with Crippen LogP contribution in [0.25, 0.3) is 0 Å². The molecule has 0 atom stereocenters. The van der Waals surface area contributed by atoms with Crippen LogP contribution < -0.4 is 14.8 Å². The molecule has 1 fully saturated rings. The van der Waals surface area contributed by atoms with Gasteiger partial charge in [-0.1, -0.05) is 0 Å². The summed E-state index contributed by atoms with van der Waals surface area (Å²) in [6, 6.07) is 5.35. The molecule has 0 aromatic heterocycles. The summed E-state index contributed by atoms with van der Waals surface area (Å²) in [7, 11) is 1.59. The molecule has 2 rings (SSSR count). The molecule has 110 valence electrons. The first-order chi connectivity index (χ1) is 9.76. The smallest absolute Gasteiger partial charge is 0.254 e. The van der Waals surface area contributed by atoms with Gasteiger partial charge in [-0.3, -0.25) is 4.79 Å². The van der Waals surface area contributed by atoms with E-state index in [9.17, 15) is 4.79 Å². The van der Waals surface area contributed by atoms with Crippen LogP contribution in [0.1, 0.15) is 23.7 Å². The summed E-state index contributed by atoms with van der Waals surface area (Å²) in [4.78, 5) is 14.4. The second-order valence-corrected chi connectivity index (χ2v) is 4.69. The highest BCUT2D eigenvalue weighted by Gasteiger charge is 2.18. The van der Waals surface area contributed by atoms with Crippen LogP contribution in [0.15, 0.2) is 18.2 Å². The molecule has 0 spiro atoms. The molecule has 20 heavy (non-hydrogen) atoms. The first kappa shape index (κ1) is 14.7. The Morgan fingerprint density at radius 1 is 1.30 bits per heavy atom. The minimum absolute atomic E-state index is 0.0510. The second-order valence-electron chi connectivity index (χ2n) is 4.69. The third-order valence-corrected chi connectivity index (χ3v) is 3.34. The second kappa shape index (κ2) is 7.14. The van der Waals surface area contributed by atoms with Gasteiger partial charge in [-0.05, 0) is 38.1 Å². The van der Waals surface area contributed by atoms with Crippen molar-refractivity contribution in [3.63, 3.8) is 0 Å². The summed E-state index contributed by atoms with van der Waals surface area (Å²) in [6.45, 7) is 5.84. The van der Waals surface area contributed by atoms with E-state index in [-0.39, 0.29) is 5.91 Å². The molecule has 1 saturated heterocycles. The molecule has 0 saturated carbocycles. The number of ether oxygens (including phenoxy) is 2. The third-order valence-electron chi connectivity index (χ3n) is 3.34. The summed E-state index contributed by atoms with van der Waals surface area (Å²) in [5.41, 5.74) is 0.646. The van der Waals surface area contributed by atoms with Crippen molar-refractivity contribution < 1.29 is 14.3 Å². The minimum Gasteiger partial charge on any atom is -0.493 e. The molecular weight excluding hydrogens is 256 g/mol. The molecule has 1 aliphatic rings. The van der Waals surface area contributed by atoms with Crippen molar-refractivity contribution in [2.24, 2.45) is 0 Å². The number of carbonyl (C=O) groups is 1. The summed E-state index contributed by atoms with van der Waals surface area (Å²) < 4.78 is 10.8. The van der Waals surface area contributed by atoms with Gasteiger partial charge in [0.2, 0.25) is 0 Å². The molecule has 1 N–H and O–H groups in total. The Hall–Kier alpha value is -1.75. The van der Waals surface area contributed by atoms with E-state index in [1.54, 1.807) is 25.3 Å². The monoisotopic (exact) mass is 278 g/mol. The van der Waals surface area contributed by atoms with E-state index in [4.69, 9.17) is 9.47 Å². The molecule has 1 aliphatic heterocycles. The molecule has 0 radical (unpaired) electrons. The van der Waals surface area contributed by atoms with Gasteiger partial charge in [0.25, 0.3) is 5.91 Å². The summed E-state index contributed by atoms with van der Waals surface area (Å²) in [6.07, 6.45) is 0.986. The molecule has 0 aliphatic carbocycles. The Morgan fingerprint density at radius 2 is 2.15 bits per heavy atom. The van der Waals surface area contributed by atoms with E-state index in [1.807, 2.05) is 11.8 Å². The Bertz CT molecular complexity index is 454. The van der Waals surface area contributed by atoms with E-state index < -0.39 is 0 Å². The van der Waals surface area contributed by atoms with Crippen molar-refractivity contribution in [2.45, 2.75) is 13.3 Å². The highest BCUT2D eigenvalue weighted by Crippen LogP contribution is 2.28. The van der Waals surface area contributed by atoms with Gasteiger partial charge in [0.1, 0.15) is 0 Å². The zero-order valence-electron chi connectivity index (χ0n) is 12.1. The van der Waals surface area contributed by atoms with E-state index in [0.717, 1.165) is 32.6 Å². The first-order valence-corrected chi connectivity index (χ1v) is 7.07. The number of rotatable bonds is 4. The summed E-state index contributed by atoms with van der Waals surface area (Å²) in [5.74, 6) is 1.32. The maximum atomic E-state index is 12.5. The number of methoxy groups -OCH3 is 1. The lowest BCUT2D eigenvalue weighted by atomic mass is 10.1. The third kappa shape index (κ3) is 3.42. The topological polar surface area (TPSA) is 50.8 Å². The lowest BCUT2D eigenvalue weighted by molar-refractivity contribution is 0.0766. The largest absolute Gasteiger partial charge is 0.493 e. The van der Waals surface area contributed by atoms with Gasteiger partial charge in [0.15, 0.2) is 11.5 Å². The van der Waals surface area contributed by atoms with Crippen LogP contribution in [0, 0.1) is 0 Å². The lowest BCUT2D eigenvalue weighted by Gasteiger charge is -2.20. The van der Waals surface area contributed by atoms with Crippen molar-refractivity contribution in [3.8, 4) is 11.5 Å². The lowest BCUT2D eigenvalue weighted by Crippen LogP contribution is -2.34. The minimum atomic E-state index is 0.0510. The summed E-state index contributed by atoms with van der Waals surface area (Å²) in [5, 5.41) is 3.29. The van der Waals surface area contributed by atoms with E-state index in [0.29, 0.717) is 23.7 Å². The van der Waals surface area contributed by atoms with Crippen LogP contribution >= 0.6 is 0 Å². The molecule has 1 aromatic rings. The quantitative estimate of drug-likeness (QED) is 0.907. The first-order valence-electron chi connectivity index (χ1n) is 7.07. The van der Waals surface area contributed by atoms with E-state index >= 15 is 0 Å². The predicted octanol–water partition coefficient (Wildman–Crippen LogP) is 1.53. The van der Waals surface area contributed by atoms with Crippen molar-refractivity contribution in [1.82, 2.24) is 10.2 Å². The van der Waals surface area contributed by atoms with Crippen LogP contribution in [-0.4, -0.2) is 50.7 Å². The Labute approximate surface area is 119 Å². The van der Waals surface area contributed by atoms with Gasteiger partial charge in [0, 0.05) is 25.2 Å². The number of carbonyl (C=O) groups excluding carboxylic acids is 1. The zero-order valence-corrected chi connectivity index (χ0v) is 12.1. The average Bonchev–Trinajstić information content (AvgIpc) is 2.76. The van der Waals surface area contributed by atoms with Crippen LogP contribution in [0.5, 0.6) is 11.5 Å². The zero-order chi connectivity index (χ0) is 14.4. The SMILES string of the molecule is CCOc1ccc(C(=O)N2CCCNCC2)cc1OC. The molecular formula is C15H22N2O3. The highest BCUT2D eigenvalue weighted by atomic mass is 16.5. The Balaban J connectivity index is 2.16. The van der Waals surface area contributed by atoms with Crippen LogP contribution in [0.2, 0.25) is 0 Å². The van der Waals surface area contributed by atoms with Crippen LogP contribution in [-0.2, 0) is 0 Å². The van der Waals surface area contributed by atoms with E-state index in [1.165, 1.54) is 0 Å². The molecule has 1 aromatic carbocycles. The van der Waals surface area contributed by atoms with Crippen LogP contribution in [0.4, 0.5) is 0 Å². The number of benzene rings is 1. The fraction of sp³-hybridized carbons (Fsp3) is 0.533. The molecule has 0 unspecified atom stereocenters. The average molecular weight is 278 g/mol. The molecule has 0 bridgehead atoms. The molecule has 5 nitrogen and oxygen atoms in total. The van der Waals surface area contributed by atoms with Crippen molar-refractivity contribution in [1.29, 1.82) is 0 Å². The maximum absolute atomic E-state index is 12.5. The Morgan fingerprint density at radius 3 is 2.90 bits per heavy atom. The van der Waals surface area contributed by atoms with Gasteiger partial charge in [0.05, 0.1) is 13.7 Å².